The summed E-state index contributed by atoms with van der Waals surface area (Å²) in [4.78, 5) is 44.1. The molecule has 0 radical (unpaired) electrons. The van der Waals surface area contributed by atoms with Crippen molar-refractivity contribution in [2.24, 2.45) is 0 Å². The van der Waals surface area contributed by atoms with Gasteiger partial charge in [0, 0.05) is 12.2 Å². The molecule has 22 heavy (non-hydrogen) atoms. The van der Waals surface area contributed by atoms with E-state index in [1.54, 1.807) is 0 Å². The highest BCUT2D eigenvalue weighted by Gasteiger charge is 2.24. The van der Waals surface area contributed by atoms with Crippen LogP contribution in [0.2, 0.25) is 0 Å². The molecule has 0 bridgehead atoms. The molecule has 0 saturated carbocycles. The molecule has 0 aromatic carbocycles. The Hall–Kier alpha value is -2.78. The maximum absolute atomic E-state index is 11.3. The number of cyclic esters (lactones) is 2. The number of carbonyl (C=O) groups is 4. The van der Waals surface area contributed by atoms with Crippen LogP contribution in [0.15, 0.2) is 12.2 Å². The quantitative estimate of drug-likeness (QED) is 0.357. The van der Waals surface area contributed by atoms with Crippen molar-refractivity contribution in [3.63, 3.8) is 0 Å². The van der Waals surface area contributed by atoms with E-state index in [1.807, 2.05) is 0 Å². The number of nitrogens with one attached hydrogen (secondary N) is 2. The van der Waals surface area contributed by atoms with Crippen molar-refractivity contribution in [1.29, 1.82) is 0 Å². The minimum atomic E-state index is -0.770. The van der Waals surface area contributed by atoms with E-state index in [2.05, 4.69) is 10.6 Å². The standard InChI is InChI=1S/C12H14N2O8/c15-9(19-5-7-3-13-11(17)21-7)1-2-10(16)20-6-8-4-14-12(18)22-8/h1-2,7-8H,3-6H2,(H,13,17)(H,14,18)/b2-1+/t7-,8-/m1/s1. The average Bonchev–Trinajstić information content (AvgIpc) is 3.09. The fourth-order valence-corrected chi connectivity index (χ4v) is 1.63. The third-order valence-electron chi connectivity index (χ3n) is 2.67. The van der Waals surface area contributed by atoms with Gasteiger partial charge in [0.25, 0.3) is 0 Å². The summed E-state index contributed by atoms with van der Waals surface area (Å²) in [6, 6.07) is 0. The molecular weight excluding hydrogens is 300 g/mol. The van der Waals surface area contributed by atoms with Gasteiger partial charge in [-0.05, 0) is 0 Å². The Morgan fingerprint density at radius 2 is 1.36 bits per heavy atom. The smallest absolute Gasteiger partial charge is 0.407 e. The zero-order valence-electron chi connectivity index (χ0n) is 11.4. The van der Waals surface area contributed by atoms with Crippen LogP contribution in [0.25, 0.3) is 0 Å². The lowest BCUT2D eigenvalue weighted by atomic mass is 10.4. The number of hydrogen-bond donors (Lipinski definition) is 2. The molecule has 2 aliphatic heterocycles. The summed E-state index contributed by atoms with van der Waals surface area (Å²) < 4.78 is 19.1. The Kier molecular flexibility index (Phi) is 5.17. The molecule has 0 aromatic heterocycles. The molecule has 2 heterocycles. The van der Waals surface area contributed by atoms with Crippen molar-refractivity contribution in [3.8, 4) is 0 Å². The summed E-state index contributed by atoms with van der Waals surface area (Å²) in [6.45, 7) is 0.291. The summed E-state index contributed by atoms with van der Waals surface area (Å²) in [7, 11) is 0. The molecule has 2 amide bonds. The molecule has 10 nitrogen and oxygen atoms in total. The second-order valence-corrected chi connectivity index (χ2v) is 4.41. The van der Waals surface area contributed by atoms with E-state index in [-0.39, 0.29) is 26.3 Å². The van der Waals surface area contributed by atoms with Gasteiger partial charge in [-0.2, -0.15) is 0 Å². The molecule has 2 fully saturated rings. The molecule has 10 heteroatoms. The Balaban J connectivity index is 1.60. The van der Waals surface area contributed by atoms with Crippen LogP contribution in [-0.2, 0) is 28.5 Å². The highest BCUT2D eigenvalue weighted by atomic mass is 16.6. The van der Waals surface area contributed by atoms with Crippen molar-refractivity contribution in [3.05, 3.63) is 12.2 Å². The second-order valence-electron chi connectivity index (χ2n) is 4.41. The number of rotatable bonds is 6. The van der Waals surface area contributed by atoms with E-state index in [0.29, 0.717) is 0 Å². The number of carbonyl (C=O) groups excluding carboxylic acids is 4. The van der Waals surface area contributed by atoms with E-state index >= 15 is 0 Å². The van der Waals surface area contributed by atoms with Gasteiger partial charge in [0.15, 0.2) is 12.2 Å². The molecule has 120 valence electrons. The van der Waals surface area contributed by atoms with Gasteiger partial charge in [0.1, 0.15) is 13.2 Å². The predicted molar refractivity (Wildman–Crippen MR) is 67.6 cm³/mol. The van der Waals surface area contributed by atoms with Crippen molar-refractivity contribution in [2.45, 2.75) is 12.2 Å². The average molecular weight is 314 g/mol. The van der Waals surface area contributed by atoms with Gasteiger partial charge in [-0.1, -0.05) is 0 Å². The SMILES string of the molecule is O=C(/C=C/C(=O)OC[C@H]1CNC(=O)O1)OC[C@H]1CNC(=O)O1. The van der Waals surface area contributed by atoms with E-state index < -0.39 is 36.3 Å². The fraction of sp³-hybridized carbons (Fsp3) is 0.500. The molecule has 0 unspecified atom stereocenters. The van der Waals surface area contributed by atoms with Gasteiger partial charge in [-0.15, -0.1) is 0 Å². The predicted octanol–water partition coefficient (Wildman–Crippen LogP) is -1.15. The summed E-state index contributed by atoms with van der Waals surface area (Å²) in [5, 5.41) is 4.81. The lowest BCUT2D eigenvalue weighted by molar-refractivity contribution is -0.142. The van der Waals surface area contributed by atoms with Crippen LogP contribution in [0, 0.1) is 0 Å². The second kappa shape index (κ2) is 7.29. The van der Waals surface area contributed by atoms with Crippen molar-refractivity contribution in [1.82, 2.24) is 10.6 Å². The molecule has 2 N–H and O–H groups in total. The van der Waals surface area contributed by atoms with E-state index in [0.717, 1.165) is 12.2 Å². The first kappa shape index (κ1) is 15.6. The van der Waals surface area contributed by atoms with Crippen LogP contribution < -0.4 is 10.6 Å². The van der Waals surface area contributed by atoms with Crippen LogP contribution in [0.4, 0.5) is 9.59 Å². The molecule has 0 aliphatic carbocycles. The molecule has 2 rings (SSSR count). The molecule has 2 saturated heterocycles. The Morgan fingerprint density at radius 1 is 0.955 bits per heavy atom. The van der Waals surface area contributed by atoms with E-state index in [1.165, 1.54) is 0 Å². The number of hydrogen-bond acceptors (Lipinski definition) is 8. The number of ether oxygens (including phenoxy) is 4. The van der Waals surface area contributed by atoms with Crippen molar-refractivity contribution >= 4 is 24.1 Å². The largest absolute Gasteiger partial charge is 0.459 e. The summed E-state index contributed by atoms with van der Waals surface area (Å²) in [5.74, 6) is -1.54. The van der Waals surface area contributed by atoms with Crippen LogP contribution >= 0.6 is 0 Å². The number of esters is 2. The molecule has 0 spiro atoms. The van der Waals surface area contributed by atoms with Gasteiger partial charge in [0.05, 0.1) is 13.1 Å². The highest BCUT2D eigenvalue weighted by Crippen LogP contribution is 2.02. The lowest BCUT2D eigenvalue weighted by Gasteiger charge is -2.07. The maximum atomic E-state index is 11.3. The first-order valence-electron chi connectivity index (χ1n) is 6.43. The Labute approximate surface area is 124 Å². The molecule has 2 atom stereocenters. The monoisotopic (exact) mass is 314 g/mol. The number of alkyl carbamates (subject to hydrolysis) is 2. The third kappa shape index (κ3) is 4.96. The first-order chi connectivity index (χ1) is 10.5. The Bertz CT molecular complexity index is 459. The van der Waals surface area contributed by atoms with E-state index in [4.69, 9.17) is 18.9 Å². The lowest BCUT2D eigenvalue weighted by Crippen LogP contribution is -2.22. The van der Waals surface area contributed by atoms with Crippen molar-refractivity contribution in [2.75, 3.05) is 26.3 Å². The van der Waals surface area contributed by atoms with Crippen LogP contribution in [-0.4, -0.2) is 62.6 Å². The zero-order chi connectivity index (χ0) is 15.9. The van der Waals surface area contributed by atoms with Crippen LogP contribution in [0.3, 0.4) is 0 Å². The first-order valence-corrected chi connectivity index (χ1v) is 6.43. The summed E-state index contributed by atoms with van der Waals surface area (Å²) in [6.07, 6.45) is -0.427. The van der Waals surface area contributed by atoms with Gasteiger partial charge >= 0.3 is 24.1 Å². The van der Waals surface area contributed by atoms with E-state index in [9.17, 15) is 19.2 Å². The van der Waals surface area contributed by atoms with Crippen LogP contribution in [0.5, 0.6) is 0 Å². The van der Waals surface area contributed by atoms with Crippen molar-refractivity contribution < 1.29 is 38.1 Å². The summed E-state index contributed by atoms with van der Waals surface area (Å²) >= 11 is 0. The van der Waals surface area contributed by atoms with Gasteiger partial charge in [0.2, 0.25) is 0 Å². The Morgan fingerprint density at radius 3 is 1.68 bits per heavy atom. The minimum absolute atomic E-state index is 0.110. The molecule has 2 aliphatic rings. The third-order valence-corrected chi connectivity index (χ3v) is 2.67. The van der Waals surface area contributed by atoms with Gasteiger partial charge in [-0.3, -0.25) is 0 Å². The van der Waals surface area contributed by atoms with Gasteiger partial charge in [-0.25, -0.2) is 19.2 Å². The molecule has 0 aromatic rings. The topological polar surface area (TPSA) is 129 Å². The normalized spacial score (nSPS) is 23.5. The summed E-state index contributed by atoms with van der Waals surface area (Å²) in [5.41, 5.74) is 0. The van der Waals surface area contributed by atoms with Crippen LogP contribution in [0.1, 0.15) is 0 Å². The highest BCUT2D eigenvalue weighted by molar-refractivity contribution is 5.91. The zero-order valence-corrected chi connectivity index (χ0v) is 11.4. The fourth-order valence-electron chi connectivity index (χ4n) is 1.63. The number of amides is 2. The minimum Gasteiger partial charge on any atom is -0.459 e. The molecular formula is C12H14N2O8. The maximum Gasteiger partial charge on any atom is 0.407 e. The van der Waals surface area contributed by atoms with Gasteiger partial charge < -0.3 is 29.6 Å².